The minimum Gasteiger partial charge on any atom is -0.456 e. The molecule has 0 aliphatic heterocycles. The number of fused-ring (bicyclic) bond motifs is 9. The van der Waals surface area contributed by atoms with Crippen molar-refractivity contribution >= 4 is 65.6 Å². The van der Waals surface area contributed by atoms with E-state index < -0.39 is 0 Å². The third-order valence-corrected chi connectivity index (χ3v) is 12.4. The standard InChI is InChI=1S/C57H35N5O/c1-2-15-36(16-3-1)55-58-56(38-17-14-18-40(33-38)61-48-24-9-4-19-42(48)43-20-5-10-25-49(43)61)60-57(59-55)39-29-31-41(37-30-32-54-47(34-37)46-23-8-13-28-53(46)63-54)52(35-39)62-50-26-11-6-21-44(50)45-22-7-12-27-51(45)62/h1-35H. The highest BCUT2D eigenvalue weighted by Crippen LogP contribution is 2.41. The van der Waals surface area contributed by atoms with Crippen molar-refractivity contribution in [1.29, 1.82) is 0 Å². The van der Waals surface area contributed by atoms with Crippen LogP contribution in [0.4, 0.5) is 0 Å². The van der Waals surface area contributed by atoms with E-state index in [2.05, 4.69) is 191 Å². The molecule has 0 unspecified atom stereocenters. The van der Waals surface area contributed by atoms with Crippen LogP contribution in [-0.4, -0.2) is 24.1 Å². The topological polar surface area (TPSA) is 61.7 Å². The lowest BCUT2D eigenvalue weighted by atomic mass is 9.98. The summed E-state index contributed by atoms with van der Waals surface area (Å²) in [6.07, 6.45) is 0. The molecule has 0 N–H and O–H groups in total. The van der Waals surface area contributed by atoms with Gasteiger partial charge in [0.15, 0.2) is 17.5 Å². The summed E-state index contributed by atoms with van der Waals surface area (Å²) in [5.41, 5.74) is 13.2. The van der Waals surface area contributed by atoms with Crippen LogP contribution in [0.2, 0.25) is 0 Å². The normalized spacial score (nSPS) is 11.8. The zero-order valence-corrected chi connectivity index (χ0v) is 33.9. The second-order valence-electron chi connectivity index (χ2n) is 16.0. The molecule has 4 heterocycles. The van der Waals surface area contributed by atoms with Crippen molar-refractivity contribution in [2.24, 2.45) is 0 Å². The number of para-hydroxylation sites is 5. The predicted molar refractivity (Wildman–Crippen MR) is 258 cm³/mol. The first-order valence-corrected chi connectivity index (χ1v) is 21.2. The fraction of sp³-hybridized carbons (Fsp3) is 0. The van der Waals surface area contributed by atoms with E-state index in [4.69, 9.17) is 19.4 Å². The van der Waals surface area contributed by atoms with Gasteiger partial charge < -0.3 is 13.6 Å². The Hall–Kier alpha value is -8.61. The maximum atomic E-state index is 6.27. The van der Waals surface area contributed by atoms with E-state index in [0.29, 0.717) is 17.5 Å². The van der Waals surface area contributed by atoms with Gasteiger partial charge in [-0.1, -0.05) is 152 Å². The molecular weight excluding hydrogens is 771 g/mol. The van der Waals surface area contributed by atoms with Gasteiger partial charge in [-0.2, -0.15) is 0 Å². The molecule has 294 valence electrons. The highest BCUT2D eigenvalue weighted by atomic mass is 16.3. The van der Waals surface area contributed by atoms with E-state index in [1.807, 2.05) is 30.3 Å². The van der Waals surface area contributed by atoms with E-state index in [0.717, 1.165) is 83.2 Å². The molecule has 0 radical (unpaired) electrons. The van der Waals surface area contributed by atoms with Crippen LogP contribution in [0.1, 0.15) is 0 Å². The SMILES string of the molecule is c1ccc(-c2nc(-c3cccc(-n4c5ccccc5c5ccccc54)c3)nc(-c3ccc(-c4ccc5oc6ccccc6c5c4)c(-n4c5ccccc5c5ccccc54)c3)n2)cc1. The lowest BCUT2D eigenvalue weighted by Gasteiger charge is -2.16. The van der Waals surface area contributed by atoms with Crippen molar-refractivity contribution in [1.82, 2.24) is 24.1 Å². The minimum atomic E-state index is 0.589. The summed E-state index contributed by atoms with van der Waals surface area (Å²) in [6, 6.07) is 74.5. The monoisotopic (exact) mass is 805 g/mol. The van der Waals surface area contributed by atoms with Crippen LogP contribution in [0.3, 0.4) is 0 Å². The summed E-state index contributed by atoms with van der Waals surface area (Å²) in [5.74, 6) is 1.80. The predicted octanol–water partition coefficient (Wildman–Crippen LogP) is 14.6. The lowest BCUT2D eigenvalue weighted by molar-refractivity contribution is 0.669. The van der Waals surface area contributed by atoms with Gasteiger partial charge in [0.2, 0.25) is 0 Å². The minimum absolute atomic E-state index is 0.589. The summed E-state index contributed by atoms with van der Waals surface area (Å²) in [6.45, 7) is 0. The molecule has 13 aromatic rings. The molecular formula is C57H35N5O. The van der Waals surface area contributed by atoms with E-state index in [1.165, 1.54) is 21.5 Å². The molecule has 6 heteroatoms. The van der Waals surface area contributed by atoms with Crippen LogP contribution in [0, 0.1) is 0 Å². The number of aromatic nitrogens is 5. The fourth-order valence-electron chi connectivity index (χ4n) is 9.51. The first kappa shape index (κ1) is 35.2. The van der Waals surface area contributed by atoms with Crippen LogP contribution >= 0.6 is 0 Å². The van der Waals surface area contributed by atoms with Gasteiger partial charge in [-0.05, 0) is 66.2 Å². The van der Waals surface area contributed by atoms with E-state index >= 15 is 0 Å². The van der Waals surface area contributed by atoms with E-state index in [1.54, 1.807) is 0 Å². The maximum absolute atomic E-state index is 6.27. The quantitative estimate of drug-likeness (QED) is 0.168. The number of rotatable bonds is 6. The van der Waals surface area contributed by atoms with Gasteiger partial charge in [0.1, 0.15) is 11.2 Å². The molecule has 0 spiro atoms. The summed E-state index contributed by atoms with van der Waals surface area (Å²) in [5, 5.41) is 6.99. The lowest BCUT2D eigenvalue weighted by Crippen LogP contribution is -2.03. The van der Waals surface area contributed by atoms with Gasteiger partial charge in [-0.15, -0.1) is 0 Å². The summed E-state index contributed by atoms with van der Waals surface area (Å²) < 4.78 is 11.0. The Bertz CT molecular complexity index is 3820. The first-order valence-electron chi connectivity index (χ1n) is 21.2. The maximum Gasteiger partial charge on any atom is 0.164 e. The Morgan fingerprint density at radius 1 is 0.302 bits per heavy atom. The molecule has 0 atom stereocenters. The third-order valence-electron chi connectivity index (χ3n) is 12.4. The van der Waals surface area contributed by atoms with Gasteiger partial charge in [-0.3, -0.25) is 0 Å². The average Bonchev–Trinajstić information content (AvgIpc) is 4.02. The molecule has 0 bridgehead atoms. The average molecular weight is 806 g/mol. The second kappa shape index (κ2) is 14.0. The highest BCUT2D eigenvalue weighted by Gasteiger charge is 2.20. The molecule has 6 nitrogen and oxygen atoms in total. The number of furan rings is 1. The van der Waals surface area contributed by atoms with Crippen molar-refractivity contribution in [2.75, 3.05) is 0 Å². The number of hydrogen-bond acceptors (Lipinski definition) is 4. The highest BCUT2D eigenvalue weighted by molar-refractivity contribution is 6.11. The van der Waals surface area contributed by atoms with Crippen molar-refractivity contribution in [3.8, 4) is 56.7 Å². The van der Waals surface area contributed by atoms with Gasteiger partial charge in [0.05, 0.1) is 27.8 Å². The van der Waals surface area contributed by atoms with Crippen LogP contribution in [-0.2, 0) is 0 Å². The van der Waals surface area contributed by atoms with Crippen molar-refractivity contribution < 1.29 is 4.42 Å². The molecule has 0 fully saturated rings. The Morgan fingerprint density at radius 3 is 1.41 bits per heavy atom. The molecule has 0 saturated carbocycles. The van der Waals surface area contributed by atoms with Crippen LogP contribution in [0.5, 0.6) is 0 Å². The fourth-order valence-corrected chi connectivity index (χ4v) is 9.51. The Morgan fingerprint density at radius 2 is 0.778 bits per heavy atom. The Balaban J connectivity index is 1.04. The third kappa shape index (κ3) is 5.62. The van der Waals surface area contributed by atoms with Gasteiger partial charge in [0.25, 0.3) is 0 Å². The van der Waals surface area contributed by atoms with Crippen LogP contribution < -0.4 is 0 Å². The zero-order valence-electron chi connectivity index (χ0n) is 33.9. The van der Waals surface area contributed by atoms with E-state index in [-0.39, 0.29) is 0 Å². The van der Waals surface area contributed by atoms with Gasteiger partial charge >= 0.3 is 0 Å². The van der Waals surface area contributed by atoms with Crippen molar-refractivity contribution in [2.45, 2.75) is 0 Å². The molecule has 63 heavy (non-hydrogen) atoms. The van der Waals surface area contributed by atoms with E-state index in [9.17, 15) is 0 Å². The van der Waals surface area contributed by atoms with Crippen LogP contribution in [0.15, 0.2) is 217 Å². The largest absolute Gasteiger partial charge is 0.456 e. The Kier molecular flexibility index (Phi) is 7.80. The second-order valence-corrected chi connectivity index (χ2v) is 16.0. The summed E-state index contributed by atoms with van der Waals surface area (Å²) >= 11 is 0. The van der Waals surface area contributed by atoms with Crippen molar-refractivity contribution in [3.63, 3.8) is 0 Å². The molecule has 0 aliphatic carbocycles. The summed E-state index contributed by atoms with van der Waals surface area (Å²) in [7, 11) is 0. The zero-order chi connectivity index (χ0) is 41.4. The van der Waals surface area contributed by atoms with Gasteiger partial charge in [-0.25, -0.2) is 15.0 Å². The summed E-state index contributed by atoms with van der Waals surface area (Å²) in [4.78, 5) is 15.7. The molecule has 0 saturated heterocycles. The van der Waals surface area contributed by atoms with Gasteiger partial charge in [0, 0.05) is 60.3 Å². The number of hydrogen-bond donors (Lipinski definition) is 0. The number of nitrogens with zero attached hydrogens (tertiary/aromatic N) is 5. The first-order chi connectivity index (χ1) is 31.2. The molecule has 0 aliphatic rings. The van der Waals surface area contributed by atoms with Crippen molar-refractivity contribution in [3.05, 3.63) is 212 Å². The number of benzene rings is 9. The molecule has 0 amide bonds. The Labute approximate surface area is 361 Å². The molecule has 4 aromatic heterocycles. The molecule has 9 aromatic carbocycles. The smallest absolute Gasteiger partial charge is 0.164 e. The van der Waals surface area contributed by atoms with Crippen LogP contribution in [0.25, 0.3) is 122 Å². The molecule has 13 rings (SSSR count).